The molecular formula is C25H29ClO2. The molecular weight excluding hydrogens is 368 g/mol. The van der Waals surface area contributed by atoms with Crippen LogP contribution in [-0.4, -0.2) is 15.8 Å². The van der Waals surface area contributed by atoms with Crippen molar-refractivity contribution in [3.05, 3.63) is 64.2 Å². The van der Waals surface area contributed by atoms with E-state index in [1.807, 2.05) is 30.3 Å². The Balaban J connectivity index is 1.45. The Labute approximate surface area is 172 Å². The van der Waals surface area contributed by atoms with Gasteiger partial charge in [0.2, 0.25) is 0 Å². The highest BCUT2D eigenvalue weighted by atomic mass is 35.5. The zero-order chi connectivity index (χ0) is 19.5. The predicted molar refractivity (Wildman–Crippen MR) is 113 cm³/mol. The molecule has 28 heavy (non-hydrogen) atoms. The third-order valence-corrected chi connectivity index (χ3v) is 8.65. The van der Waals surface area contributed by atoms with Crippen LogP contribution in [0.5, 0.6) is 5.75 Å². The fourth-order valence-corrected chi connectivity index (χ4v) is 7.17. The van der Waals surface area contributed by atoms with Crippen LogP contribution in [0.1, 0.15) is 61.6 Å². The van der Waals surface area contributed by atoms with Crippen molar-refractivity contribution in [3.8, 4) is 5.75 Å². The van der Waals surface area contributed by atoms with Crippen molar-refractivity contribution < 1.29 is 10.2 Å². The molecule has 2 nitrogen and oxygen atoms in total. The summed E-state index contributed by atoms with van der Waals surface area (Å²) in [5.41, 5.74) is 3.23. The monoisotopic (exact) mass is 396 g/mol. The number of hydrogen-bond acceptors (Lipinski definition) is 2. The Hall–Kier alpha value is -1.51. The Morgan fingerprint density at radius 2 is 1.93 bits per heavy atom. The molecule has 0 aliphatic heterocycles. The van der Waals surface area contributed by atoms with Gasteiger partial charge in [-0.3, -0.25) is 0 Å². The summed E-state index contributed by atoms with van der Waals surface area (Å²) in [7, 11) is 0. The molecule has 0 spiro atoms. The fourth-order valence-electron chi connectivity index (χ4n) is 6.95. The van der Waals surface area contributed by atoms with Crippen LogP contribution in [0.25, 0.3) is 0 Å². The molecule has 0 aromatic heterocycles. The number of aromatic hydroxyl groups is 1. The second-order valence-corrected chi connectivity index (χ2v) is 10.1. The van der Waals surface area contributed by atoms with Crippen molar-refractivity contribution in [1.82, 2.24) is 0 Å². The van der Waals surface area contributed by atoms with E-state index in [0.29, 0.717) is 29.9 Å². The summed E-state index contributed by atoms with van der Waals surface area (Å²) in [5, 5.41) is 22.4. The minimum Gasteiger partial charge on any atom is -0.508 e. The molecule has 2 saturated carbocycles. The normalized spacial score (nSPS) is 36.5. The minimum absolute atomic E-state index is 0.0368. The molecule has 2 fully saturated rings. The SMILES string of the molecule is C[C@]12CC[C@@H]3c4ccc(O)cc4CC[C@H]3[C@@H]1CC[C@@]2(O)Cc1cccc(Cl)c1. The molecule has 3 aliphatic rings. The number of phenols is 1. The molecule has 148 valence electrons. The minimum atomic E-state index is -0.650. The van der Waals surface area contributed by atoms with Crippen LogP contribution in [-0.2, 0) is 12.8 Å². The summed E-state index contributed by atoms with van der Waals surface area (Å²) in [6.45, 7) is 2.35. The van der Waals surface area contributed by atoms with E-state index in [9.17, 15) is 10.2 Å². The van der Waals surface area contributed by atoms with E-state index in [1.165, 1.54) is 17.5 Å². The zero-order valence-corrected chi connectivity index (χ0v) is 17.3. The molecule has 0 heterocycles. The maximum absolute atomic E-state index is 11.8. The average Bonchev–Trinajstić information content (AvgIpc) is 2.92. The Kier molecular flexibility index (Phi) is 4.30. The second-order valence-electron chi connectivity index (χ2n) is 9.63. The predicted octanol–water partition coefficient (Wildman–Crippen LogP) is 5.88. The van der Waals surface area contributed by atoms with Gasteiger partial charge < -0.3 is 10.2 Å². The van der Waals surface area contributed by atoms with Crippen LogP contribution in [0.15, 0.2) is 42.5 Å². The number of benzene rings is 2. The van der Waals surface area contributed by atoms with Crippen molar-refractivity contribution in [2.45, 2.75) is 63.4 Å². The third-order valence-electron chi connectivity index (χ3n) is 8.42. The van der Waals surface area contributed by atoms with E-state index in [-0.39, 0.29) is 5.41 Å². The van der Waals surface area contributed by atoms with Gasteiger partial charge in [-0.25, -0.2) is 0 Å². The number of halogens is 1. The second kappa shape index (κ2) is 6.50. The Morgan fingerprint density at radius 3 is 2.75 bits per heavy atom. The van der Waals surface area contributed by atoms with Gasteiger partial charge in [-0.15, -0.1) is 0 Å². The van der Waals surface area contributed by atoms with Gasteiger partial charge in [0.1, 0.15) is 5.75 Å². The van der Waals surface area contributed by atoms with Crippen molar-refractivity contribution in [2.24, 2.45) is 17.3 Å². The number of phenolic OH excluding ortho intramolecular Hbond substituents is 1. The number of aryl methyl sites for hydroxylation is 1. The van der Waals surface area contributed by atoms with E-state index in [0.717, 1.165) is 42.7 Å². The van der Waals surface area contributed by atoms with Crippen molar-refractivity contribution in [3.63, 3.8) is 0 Å². The lowest BCUT2D eigenvalue weighted by Crippen LogP contribution is -2.51. The third kappa shape index (κ3) is 2.72. The summed E-state index contributed by atoms with van der Waals surface area (Å²) in [6.07, 6.45) is 7.11. The largest absolute Gasteiger partial charge is 0.508 e. The maximum atomic E-state index is 11.8. The van der Waals surface area contributed by atoms with Crippen molar-refractivity contribution >= 4 is 11.6 Å². The number of hydrogen-bond donors (Lipinski definition) is 2. The molecule has 3 heteroatoms. The number of rotatable bonds is 2. The lowest BCUT2D eigenvalue weighted by atomic mass is 9.53. The molecule has 2 aromatic carbocycles. The zero-order valence-electron chi connectivity index (χ0n) is 16.5. The van der Waals surface area contributed by atoms with Gasteiger partial charge in [0.15, 0.2) is 0 Å². The van der Waals surface area contributed by atoms with Gasteiger partial charge in [0, 0.05) is 11.4 Å². The molecule has 3 aliphatic carbocycles. The summed E-state index contributed by atoms with van der Waals surface area (Å²) < 4.78 is 0. The molecule has 0 saturated heterocycles. The van der Waals surface area contributed by atoms with Crippen molar-refractivity contribution in [1.29, 1.82) is 0 Å². The van der Waals surface area contributed by atoms with Crippen LogP contribution >= 0.6 is 11.6 Å². The van der Waals surface area contributed by atoms with E-state index in [1.54, 1.807) is 0 Å². The van der Waals surface area contributed by atoms with E-state index in [2.05, 4.69) is 19.1 Å². The smallest absolute Gasteiger partial charge is 0.115 e. The molecule has 0 amide bonds. The average molecular weight is 397 g/mol. The van der Waals surface area contributed by atoms with Crippen LogP contribution in [0, 0.1) is 17.3 Å². The lowest BCUT2D eigenvalue weighted by molar-refractivity contribution is -0.102. The summed E-state index contributed by atoms with van der Waals surface area (Å²) in [4.78, 5) is 0. The highest BCUT2D eigenvalue weighted by Crippen LogP contribution is 2.64. The first-order valence-electron chi connectivity index (χ1n) is 10.7. The number of fused-ring (bicyclic) bond motifs is 5. The van der Waals surface area contributed by atoms with Gasteiger partial charge in [0.25, 0.3) is 0 Å². The Morgan fingerprint density at radius 1 is 1.07 bits per heavy atom. The van der Waals surface area contributed by atoms with Gasteiger partial charge in [-0.2, -0.15) is 0 Å². The summed E-state index contributed by atoms with van der Waals surface area (Å²) >= 11 is 6.20. The van der Waals surface area contributed by atoms with Crippen molar-refractivity contribution in [2.75, 3.05) is 0 Å². The number of aliphatic hydroxyl groups is 1. The lowest BCUT2D eigenvalue weighted by Gasteiger charge is -2.53. The van der Waals surface area contributed by atoms with Gasteiger partial charge in [-0.1, -0.05) is 36.7 Å². The fraction of sp³-hybridized carbons (Fsp3) is 0.520. The standard InChI is InChI=1S/C25H29ClO2/c1-24-11-9-21-20-8-6-19(27)14-17(20)5-7-22(21)23(24)10-12-25(24,28)15-16-3-2-4-18(26)13-16/h2-4,6,8,13-14,21-23,27-28H,5,7,9-12,15H2,1H3/t21-,22-,23+,24+,25-/m1/s1. The highest BCUT2D eigenvalue weighted by Gasteiger charge is 2.61. The summed E-state index contributed by atoms with van der Waals surface area (Å²) in [6, 6.07) is 13.9. The summed E-state index contributed by atoms with van der Waals surface area (Å²) in [5.74, 6) is 2.17. The quantitative estimate of drug-likeness (QED) is 0.665. The first-order chi connectivity index (χ1) is 13.4. The molecule has 0 radical (unpaired) electrons. The van der Waals surface area contributed by atoms with E-state index >= 15 is 0 Å². The van der Waals surface area contributed by atoms with Gasteiger partial charge in [0.05, 0.1) is 5.60 Å². The van der Waals surface area contributed by atoms with Crippen LogP contribution in [0.3, 0.4) is 0 Å². The Bertz CT molecular complexity index is 909. The molecule has 5 rings (SSSR count). The maximum Gasteiger partial charge on any atom is 0.115 e. The van der Waals surface area contributed by atoms with E-state index in [4.69, 9.17) is 11.6 Å². The van der Waals surface area contributed by atoms with Crippen LogP contribution < -0.4 is 0 Å². The molecule has 5 atom stereocenters. The topological polar surface area (TPSA) is 40.5 Å². The van der Waals surface area contributed by atoms with Crippen LogP contribution in [0.4, 0.5) is 0 Å². The van der Waals surface area contributed by atoms with E-state index < -0.39 is 5.60 Å². The molecule has 2 aromatic rings. The molecule has 2 N–H and O–H groups in total. The highest BCUT2D eigenvalue weighted by molar-refractivity contribution is 6.30. The first kappa shape index (κ1) is 18.5. The molecule has 0 bridgehead atoms. The van der Waals surface area contributed by atoms with Gasteiger partial charge in [-0.05, 0) is 103 Å². The first-order valence-corrected chi connectivity index (χ1v) is 11.1. The molecule has 0 unspecified atom stereocenters. The van der Waals surface area contributed by atoms with Crippen LogP contribution in [0.2, 0.25) is 5.02 Å². The van der Waals surface area contributed by atoms with Gasteiger partial charge >= 0.3 is 0 Å².